The third-order valence-electron chi connectivity index (χ3n) is 2.58. The number of rotatable bonds is 0. The Morgan fingerprint density at radius 1 is 1.00 bits per heavy atom. The summed E-state index contributed by atoms with van der Waals surface area (Å²) in [5.74, 6) is 0. The van der Waals surface area contributed by atoms with Gasteiger partial charge >= 0.3 is 0 Å². The Balaban J connectivity index is 2.42. The van der Waals surface area contributed by atoms with Crippen molar-refractivity contribution in [1.29, 1.82) is 0 Å². The van der Waals surface area contributed by atoms with E-state index in [0.29, 0.717) is 0 Å². The van der Waals surface area contributed by atoms with E-state index in [0.717, 1.165) is 5.04 Å². The van der Waals surface area contributed by atoms with Crippen molar-refractivity contribution in [2.45, 2.75) is 50.7 Å². The largest absolute Gasteiger partial charge is 0.0628 e. The summed E-state index contributed by atoms with van der Waals surface area (Å²) >= 11 is 0. The van der Waals surface area contributed by atoms with Gasteiger partial charge in [-0.25, -0.2) is 0 Å². The standard InChI is InChI=1S/C8H18Si/c1-8(2,3)9-6-4-5-7-9/h9H,4-7H2,1-3H3. The smallest absolute Gasteiger partial charge is 0.0422 e. The number of hydrogen-bond acceptors (Lipinski definition) is 0. The summed E-state index contributed by atoms with van der Waals surface area (Å²) in [6, 6.07) is 3.23. The van der Waals surface area contributed by atoms with Crippen molar-refractivity contribution in [2.24, 2.45) is 0 Å². The molecule has 0 amide bonds. The molecule has 0 aromatic rings. The van der Waals surface area contributed by atoms with Gasteiger partial charge in [0.15, 0.2) is 0 Å². The minimum Gasteiger partial charge on any atom is -0.0628 e. The summed E-state index contributed by atoms with van der Waals surface area (Å²) in [4.78, 5) is 0. The Bertz CT molecular complexity index is 85.2. The van der Waals surface area contributed by atoms with E-state index >= 15 is 0 Å². The Kier molecular flexibility index (Phi) is 1.99. The first kappa shape index (κ1) is 7.33. The average Bonchev–Trinajstić information content (AvgIpc) is 2.08. The fourth-order valence-corrected chi connectivity index (χ4v) is 5.38. The second-order valence-electron chi connectivity index (χ2n) is 4.35. The van der Waals surface area contributed by atoms with Gasteiger partial charge in [0, 0.05) is 8.80 Å². The highest BCUT2D eigenvalue weighted by molar-refractivity contribution is 6.62. The summed E-state index contributed by atoms with van der Waals surface area (Å²) in [5, 5.41) is 0.719. The molecule has 0 aromatic carbocycles. The predicted octanol–water partition coefficient (Wildman–Crippen LogP) is 2.81. The van der Waals surface area contributed by atoms with Crippen LogP contribution in [0, 0.1) is 0 Å². The molecule has 1 aliphatic heterocycles. The van der Waals surface area contributed by atoms with E-state index in [9.17, 15) is 0 Å². The summed E-state index contributed by atoms with van der Waals surface area (Å²) in [6.45, 7) is 7.28. The first-order valence-electron chi connectivity index (χ1n) is 4.11. The van der Waals surface area contributed by atoms with Crippen molar-refractivity contribution >= 4 is 8.80 Å². The molecule has 0 radical (unpaired) electrons. The molecule has 1 heterocycles. The first-order chi connectivity index (χ1) is 4.11. The quantitative estimate of drug-likeness (QED) is 0.456. The molecule has 0 N–H and O–H groups in total. The normalized spacial score (nSPS) is 23.0. The summed E-state index contributed by atoms with van der Waals surface area (Å²) < 4.78 is 0. The van der Waals surface area contributed by atoms with Crippen LogP contribution in [0.15, 0.2) is 0 Å². The van der Waals surface area contributed by atoms with E-state index in [1.165, 1.54) is 12.8 Å². The molecule has 1 rings (SSSR count). The third-order valence-corrected chi connectivity index (χ3v) is 7.24. The number of hydrogen-bond donors (Lipinski definition) is 0. The molecular formula is C8H18Si. The molecule has 0 saturated carbocycles. The van der Waals surface area contributed by atoms with Crippen LogP contribution in [0.5, 0.6) is 0 Å². The topological polar surface area (TPSA) is 0 Å². The zero-order valence-electron chi connectivity index (χ0n) is 6.91. The van der Waals surface area contributed by atoms with Gasteiger partial charge in [-0.1, -0.05) is 45.7 Å². The fourth-order valence-electron chi connectivity index (χ4n) is 1.79. The van der Waals surface area contributed by atoms with Gasteiger partial charge < -0.3 is 0 Å². The van der Waals surface area contributed by atoms with Gasteiger partial charge in [0.1, 0.15) is 0 Å². The van der Waals surface area contributed by atoms with Crippen LogP contribution < -0.4 is 0 Å². The molecule has 0 aliphatic carbocycles. The zero-order valence-corrected chi connectivity index (χ0v) is 8.06. The summed E-state index contributed by atoms with van der Waals surface area (Å²) in [7, 11) is -0.269. The van der Waals surface area contributed by atoms with Gasteiger partial charge in [-0.15, -0.1) is 0 Å². The Morgan fingerprint density at radius 2 is 1.44 bits per heavy atom. The van der Waals surface area contributed by atoms with Crippen LogP contribution in [-0.4, -0.2) is 8.80 Å². The SMILES string of the molecule is CC(C)(C)[SiH]1CCCC1. The van der Waals surface area contributed by atoms with E-state index in [1.807, 2.05) is 0 Å². The van der Waals surface area contributed by atoms with Gasteiger partial charge in [-0.3, -0.25) is 0 Å². The van der Waals surface area contributed by atoms with Crippen molar-refractivity contribution in [3.8, 4) is 0 Å². The Morgan fingerprint density at radius 3 is 1.67 bits per heavy atom. The van der Waals surface area contributed by atoms with E-state index in [-0.39, 0.29) is 8.80 Å². The fraction of sp³-hybridized carbons (Fsp3) is 1.00. The van der Waals surface area contributed by atoms with Crippen molar-refractivity contribution in [1.82, 2.24) is 0 Å². The van der Waals surface area contributed by atoms with Gasteiger partial charge in [0.2, 0.25) is 0 Å². The maximum absolute atomic E-state index is 2.43. The van der Waals surface area contributed by atoms with E-state index < -0.39 is 0 Å². The highest BCUT2D eigenvalue weighted by Gasteiger charge is 2.28. The molecule has 1 aliphatic rings. The Hall–Kier alpha value is 0.217. The van der Waals surface area contributed by atoms with Crippen LogP contribution in [0.25, 0.3) is 0 Å². The van der Waals surface area contributed by atoms with Crippen LogP contribution in [0.2, 0.25) is 17.1 Å². The van der Waals surface area contributed by atoms with E-state index in [1.54, 1.807) is 12.1 Å². The lowest BCUT2D eigenvalue weighted by atomic mass is 10.2. The lowest BCUT2D eigenvalue weighted by Gasteiger charge is -2.24. The maximum Gasteiger partial charge on any atom is 0.0422 e. The molecule has 0 unspecified atom stereocenters. The minimum absolute atomic E-state index is 0.269. The lowest BCUT2D eigenvalue weighted by Crippen LogP contribution is -2.20. The Labute approximate surface area is 60.3 Å². The molecule has 9 heavy (non-hydrogen) atoms. The predicted molar refractivity (Wildman–Crippen MR) is 45.7 cm³/mol. The summed E-state index contributed by atoms with van der Waals surface area (Å²) in [5.41, 5.74) is 0. The van der Waals surface area contributed by atoms with Crippen LogP contribution >= 0.6 is 0 Å². The van der Waals surface area contributed by atoms with Gasteiger partial charge in [-0.2, -0.15) is 0 Å². The highest BCUT2D eigenvalue weighted by Crippen LogP contribution is 2.37. The molecule has 1 saturated heterocycles. The van der Waals surface area contributed by atoms with Crippen LogP contribution in [0.4, 0.5) is 0 Å². The minimum atomic E-state index is -0.269. The van der Waals surface area contributed by atoms with Crippen molar-refractivity contribution in [3.63, 3.8) is 0 Å². The van der Waals surface area contributed by atoms with Crippen LogP contribution in [-0.2, 0) is 0 Å². The maximum atomic E-state index is 2.43. The molecule has 0 bridgehead atoms. The van der Waals surface area contributed by atoms with Gasteiger partial charge in [0.05, 0.1) is 0 Å². The monoisotopic (exact) mass is 142 g/mol. The molecule has 1 heteroatoms. The summed E-state index contributed by atoms with van der Waals surface area (Å²) in [6.07, 6.45) is 3.07. The van der Waals surface area contributed by atoms with Crippen molar-refractivity contribution < 1.29 is 0 Å². The third kappa shape index (κ3) is 1.82. The second kappa shape index (κ2) is 2.45. The second-order valence-corrected chi connectivity index (χ2v) is 8.63. The van der Waals surface area contributed by atoms with Crippen LogP contribution in [0.3, 0.4) is 0 Å². The van der Waals surface area contributed by atoms with E-state index in [4.69, 9.17) is 0 Å². The highest BCUT2D eigenvalue weighted by atomic mass is 28.3. The first-order valence-corrected chi connectivity index (χ1v) is 6.32. The average molecular weight is 142 g/mol. The molecule has 0 spiro atoms. The van der Waals surface area contributed by atoms with Crippen LogP contribution in [0.1, 0.15) is 33.6 Å². The van der Waals surface area contributed by atoms with Gasteiger partial charge in [0.25, 0.3) is 0 Å². The molecule has 0 aromatic heterocycles. The van der Waals surface area contributed by atoms with Crippen molar-refractivity contribution in [3.05, 3.63) is 0 Å². The lowest BCUT2D eigenvalue weighted by molar-refractivity contribution is 0.734. The van der Waals surface area contributed by atoms with Crippen molar-refractivity contribution in [2.75, 3.05) is 0 Å². The zero-order chi connectivity index (χ0) is 6.91. The molecular weight excluding hydrogens is 124 g/mol. The molecule has 54 valence electrons. The molecule has 0 atom stereocenters. The molecule has 1 fully saturated rings. The van der Waals surface area contributed by atoms with Gasteiger partial charge in [-0.05, 0) is 5.04 Å². The van der Waals surface area contributed by atoms with E-state index in [2.05, 4.69) is 20.8 Å². The molecule has 0 nitrogen and oxygen atoms in total.